The minimum Gasteiger partial charge on any atom is -0.316 e. The summed E-state index contributed by atoms with van der Waals surface area (Å²) in [4.78, 5) is 0. The van der Waals surface area contributed by atoms with Gasteiger partial charge in [-0.05, 0) is 19.0 Å². The summed E-state index contributed by atoms with van der Waals surface area (Å²) in [7, 11) is 1.18. The van der Waals surface area contributed by atoms with E-state index < -0.39 is 10.8 Å². The van der Waals surface area contributed by atoms with Crippen molar-refractivity contribution in [2.24, 2.45) is 0 Å². The van der Waals surface area contributed by atoms with Crippen LogP contribution in [0.2, 0.25) is 0 Å². The molecular formula is C13H21NOS. The fraction of sp³-hybridized carbons (Fsp3) is 0.538. The van der Waals surface area contributed by atoms with Gasteiger partial charge in [0.25, 0.3) is 0 Å². The molecule has 0 heterocycles. The van der Waals surface area contributed by atoms with Crippen LogP contribution in [0.15, 0.2) is 30.3 Å². The lowest BCUT2D eigenvalue weighted by atomic mass is 10.2. The standard InChI is InChI=1S/C13H21NOS/c1-3-7-13(14-2)11-16(15)10-12-8-5-4-6-9-12/h4-6,8-9,13-14H,3,7,10-11H2,1-2H3. The van der Waals surface area contributed by atoms with Crippen molar-refractivity contribution >= 4 is 10.8 Å². The van der Waals surface area contributed by atoms with E-state index in [4.69, 9.17) is 0 Å². The van der Waals surface area contributed by atoms with Gasteiger partial charge < -0.3 is 5.32 Å². The quantitative estimate of drug-likeness (QED) is 0.791. The van der Waals surface area contributed by atoms with Crippen LogP contribution in [-0.2, 0) is 16.6 Å². The van der Waals surface area contributed by atoms with Crippen LogP contribution in [0.4, 0.5) is 0 Å². The first-order valence-corrected chi connectivity index (χ1v) is 7.31. The van der Waals surface area contributed by atoms with Crippen molar-refractivity contribution in [2.45, 2.75) is 31.6 Å². The van der Waals surface area contributed by atoms with Gasteiger partial charge in [-0.1, -0.05) is 43.7 Å². The average molecular weight is 239 g/mol. The van der Waals surface area contributed by atoms with Crippen molar-refractivity contribution < 1.29 is 4.21 Å². The molecule has 2 unspecified atom stereocenters. The molecule has 16 heavy (non-hydrogen) atoms. The lowest BCUT2D eigenvalue weighted by Crippen LogP contribution is -2.31. The first kappa shape index (κ1) is 13.4. The van der Waals surface area contributed by atoms with Gasteiger partial charge >= 0.3 is 0 Å². The van der Waals surface area contributed by atoms with E-state index in [1.54, 1.807) is 0 Å². The van der Waals surface area contributed by atoms with E-state index in [9.17, 15) is 4.21 Å². The molecule has 0 aliphatic carbocycles. The highest BCUT2D eigenvalue weighted by Crippen LogP contribution is 2.06. The first-order valence-electron chi connectivity index (χ1n) is 5.82. The van der Waals surface area contributed by atoms with Crippen LogP contribution in [0.1, 0.15) is 25.3 Å². The molecule has 0 spiro atoms. The van der Waals surface area contributed by atoms with Crippen LogP contribution < -0.4 is 5.32 Å². The molecule has 0 fully saturated rings. The molecule has 90 valence electrons. The third kappa shape index (κ3) is 4.90. The smallest absolute Gasteiger partial charge is 0.0486 e. The molecule has 0 saturated carbocycles. The van der Waals surface area contributed by atoms with Crippen molar-refractivity contribution in [1.82, 2.24) is 5.32 Å². The maximum atomic E-state index is 11.9. The Balaban J connectivity index is 2.41. The lowest BCUT2D eigenvalue weighted by molar-refractivity contribution is 0.557. The highest BCUT2D eigenvalue weighted by Gasteiger charge is 2.09. The third-order valence-corrected chi connectivity index (χ3v) is 4.03. The fourth-order valence-electron chi connectivity index (χ4n) is 1.70. The Bertz CT molecular complexity index is 313. The van der Waals surface area contributed by atoms with Gasteiger partial charge in [-0.2, -0.15) is 0 Å². The maximum absolute atomic E-state index is 11.9. The number of hydrogen-bond acceptors (Lipinski definition) is 2. The second-order valence-corrected chi connectivity index (χ2v) is 5.51. The number of benzene rings is 1. The summed E-state index contributed by atoms with van der Waals surface area (Å²) in [5.74, 6) is 1.42. The Kier molecular flexibility index (Phi) is 6.34. The van der Waals surface area contributed by atoms with Crippen LogP contribution in [-0.4, -0.2) is 23.1 Å². The molecule has 0 amide bonds. The van der Waals surface area contributed by atoms with E-state index in [1.807, 2.05) is 37.4 Å². The van der Waals surface area contributed by atoms with Gasteiger partial charge in [-0.3, -0.25) is 4.21 Å². The van der Waals surface area contributed by atoms with Crippen molar-refractivity contribution in [3.8, 4) is 0 Å². The maximum Gasteiger partial charge on any atom is 0.0486 e. The van der Waals surface area contributed by atoms with E-state index in [1.165, 1.54) is 0 Å². The summed E-state index contributed by atoms with van der Waals surface area (Å²) in [5, 5.41) is 3.23. The van der Waals surface area contributed by atoms with E-state index in [0.717, 1.165) is 24.2 Å². The second-order valence-electron chi connectivity index (χ2n) is 4.01. The molecule has 0 aliphatic heterocycles. The predicted molar refractivity (Wildman–Crippen MR) is 70.9 cm³/mol. The summed E-state index contributed by atoms with van der Waals surface area (Å²) >= 11 is 0. The van der Waals surface area contributed by atoms with Crippen LogP contribution in [0.25, 0.3) is 0 Å². The molecule has 2 nitrogen and oxygen atoms in total. The molecule has 3 heteroatoms. The minimum absolute atomic E-state index is 0.384. The topological polar surface area (TPSA) is 29.1 Å². The van der Waals surface area contributed by atoms with Crippen molar-refractivity contribution in [2.75, 3.05) is 12.8 Å². The zero-order chi connectivity index (χ0) is 11.8. The van der Waals surface area contributed by atoms with Crippen LogP contribution in [0.3, 0.4) is 0 Å². The van der Waals surface area contributed by atoms with Gasteiger partial charge in [-0.15, -0.1) is 0 Å². The zero-order valence-electron chi connectivity index (χ0n) is 10.1. The Labute approximate surface area is 101 Å². The normalized spacial score (nSPS) is 14.6. The Morgan fingerprint density at radius 2 is 2.00 bits per heavy atom. The van der Waals surface area contributed by atoms with Gasteiger partial charge in [0, 0.05) is 28.3 Å². The molecule has 0 aliphatic rings. The molecule has 1 rings (SSSR count). The Hall–Kier alpha value is -0.670. The van der Waals surface area contributed by atoms with Gasteiger partial charge in [-0.25, -0.2) is 0 Å². The molecule has 2 atom stereocenters. The van der Waals surface area contributed by atoms with E-state index in [-0.39, 0.29) is 0 Å². The van der Waals surface area contributed by atoms with E-state index in [0.29, 0.717) is 11.8 Å². The van der Waals surface area contributed by atoms with Gasteiger partial charge in [0.15, 0.2) is 0 Å². The molecule has 0 radical (unpaired) electrons. The van der Waals surface area contributed by atoms with Crippen LogP contribution in [0.5, 0.6) is 0 Å². The average Bonchev–Trinajstić information content (AvgIpc) is 2.29. The highest BCUT2D eigenvalue weighted by molar-refractivity contribution is 7.84. The number of hydrogen-bond donors (Lipinski definition) is 1. The molecule has 0 aromatic heterocycles. The number of rotatable bonds is 7. The summed E-state index contributed by atoms with van der Waals surface area (Å²) in [6.07, 6.45) is 2.23. The predicted octanol–water partition coefficient (Wildman–Crippen LogP) is 2.32. The summed E-state index contributed by atoms with van der Waals surface area (Å²) in [6, 6.07) is 10.4. The van der Waals surface area contributed by atoms with Crippen LogP contribution in [0, 0.1) is 0 Å². The molecule has 0 bridgehead atoms. The Morgan fingerprint density at radius 1 is 1.31 bits per heavy atom. The molecule has 1 N–H and O–H groups in total. The fourth-order valence-corrected chi connectivity index (χ4v) is 3.17. The van der Waals surface area contributed by atoms with E-state index in [2.05, 4.69) is 12.2 Å². The monoisotopic (exact) mass is 239 g/mol. The zero-order valence-corrected chi connectivity index (χ0v) is 10.9. The van der Waals surface area contributed by atoms with Gasteiger partial charge in [0.1, 0.15) is 0 Å². The van der Waals surface area contributed by atoms with Crippen LogP contribution >= 0.6 is 0 Å². The summed E-state index contributed by atoms with van der Waals surface area (Å²) < 4.78 is 11.9. The number of nitrogens with one attached hydrogen (secondary N) is 1. The molecule has 1 aromatic carbocycles. The lowest BCUT2D eigenvalue weighted by Gasteiger charge is -2.14. The second kappa shape index (κ2) is 7.58. The largest absolute Gasteiger partial charge is 0.316 e. The molecular weight excluding hydrogens is 218 g/mol. The SMILES string of the molecule is CCCC(CS(=O)Cc1ccccc1)NC. The minimum atomic E-state index is -0.765. The van der Waals surface area contributed by atoms with Gasteiger partial charge in [0.2, 0.25) is 0 Å². The van der Waals surface area contributed by atoms with Crippen molar-refractivity contribution in [3.05, 3.63) is 35.9 Å². The third-order valence-electron chi connectivity index (χ3n) is 2.60. The van der Waals surface area contributed by atoms with Crippen molar-refractivity contribution in [1.29, 1.82) is 0 Å². The first-order chi connectivity index (χ1) is 7.76. The highest BCUT2D eigenvalue weighted by atomic mass is 32.2. The summed E-state index contributed by atoms with van der Waals surface area (Å²) in [5.41, 5.74) is 1.16. The van der Waals surface area contributed by atoms with Gasteiger partial charge in [0.05, 0.1) is 0 Å². The molecule has 1 aromatic rings. The van der Waals surface area contributed by atoms with E-state index >= 15 is 0 Å². The molecule has 0 saturated heterocycles. The Morgan fingerprint density at radius 3 is 2.56 bits per heavy atom. The van der Waals surface area contributed by atoms with Crippen molar-refractivity contribution in [3.63, 3.8) is 0 Å². The summed E-state index contributed by atoms with van der Waals surface area (Å²) in [6.45, 7) is 2.16.